The highest BCUT2D eigenvalue weighted by Gasteiger charge is 2.34. The number of hydrogen-bond donors (Lipinski definition) is 2. The Balaban J connectivity index is 3.10. The molecule has 1 aliphatic heterocycles. The molecule has 7 heteroatoms. The summed E-state index contributed by atoms with van der Waals surface area (Å²) in [6.45, 7) is 6.43. The third-order valence-electron chi connectivity index (χ3n) is 2.72. The molecule has 0 aromatic rings. The predicted octanol–water partition coefficient (Wildman–Crippen LogP) is 3.12. The maximum atomic E-state index is 12.1. The summed E-state index contributed by atoms with van der Waals surface area (Å²) in [5.41, 5.74) is -0.157. The van der Waals surface area contributed by atoms with Gasteiger partial charge in [-0.15, -0.1) is 0 Å². The number of nitrogens with zero attached hydrogens (tertiary/aromatic N) is 1. The van der Waals surface area contributed by atoms with Crippen molar-refractivity contribution >= 4 is 29.3 Å². The molecule has 5 nitrogen and oxygen atoms in total. The molecule has 0 aromatic heterocycles. The fourth-order valence-corrected chi connectivity index (χ4v) is 2.28. The lowest BCUT2D eigenvalue weighted by molar-refractivity contribution is 0.0266. The van der Waals surface area contributed by atoms with Crippen LogP contribution < -0.4 is 0 Å². The summed E-state index contributed by atoms with van der Waals surface area (Å²) >= 11 is 11.6. The van der Waals surface area contributed by atoms with E-state index in [2.05, 4.69) is 0 Å². The van der Waals surface area contributed by atoms with Crippen LogP contribution in [0.5, 0.6) is 0 Å². The molecular formula is C13H19Cl2NO4. The van der Waals surface area contributed by atoms with Crippen molar-refractivity contribution in [2.24, 2.45) is 0 Å². The van der Waals surface area contributed by atoms with Crippen LogP contribution in [-0.4, -0.2) is 44.3 Å². The van der Waals surface area contributed by atoms with Gasteiger partial charge in [0.15, 0.2) is 0 Å². The number of carbonyl (C=O) groups is 1. The van der Waals surface area contributed by atoms with Crippen molar-refractivity contribution in [1.82, 2.24) is 4.90 Å². The van der Waals surface area contributed by atoms with Crippen molar-refractivity contribution in [2.75, 3.05) is 6.61 Å². The molecule has 0 fully saturated rings. The maximum absolute atomic E-state index is 12.1. The van der Waals surface area contributed by atoms with Crippen LogP contribution >= 0.6 is 23.2 Å². The van der Waals surface area contributed by atoms with Crippen LogP contribution in [-0.2, 0) is 4.74 Å². The maximum Gasteiger partial charge on any atom is 0.415 e. The molecule has 0 aromatic carbocycles. The number of hydrogen-bond acceptors (Lipinski definition) is 4. The molecule has 114 valence electrons. The first-order chi connectivity index (χ1) is 9.08. The van der Waals surface area contributed by atoms with E-state index < -0.39 is 29.2 Å². The number of aliphatic hydroxyl groups is 2. The Kier molecular flexibility index (Phi) is 5.35. The van der Waals surface area contributed by atoms with Crippen LogP contribution in [0.4, 0.5) is 4.79 Å². The summed E-state index contributed by atoms with van der Waals surface area (Å²) in [6.07, 6.45) is 0.771. The number of amides is 1. The summed E-state index contributed by atoms with van der Waals surface area (Å²) < 4.78 is 5.25. The van der Waals surface area contributed by atoms with Gasteiger partial charge in [-0.1, -0.05) is 23.2 Å². The molecule has 1 rings (SSSR count). The third-order valence-corrected chi connectivity index (χ3v) is 3.16. The molecule has 2 N–H and O–H groups in total. The van der Waals surface area contributed by atoms with Gasteiger partial charge in [0, 0.05) is 17.3 Å². The zero-order valence-electron chi connectivity index (χ0n) is 11.9. The summed E-state index contributed by atoms with van der Waals surface area (Å²) in [5, 5.41) is 19.5. The lowest BCUT2D eigenvalue weighted by Gasteiger charge is -2.34. The Hall–Kier alpha value is -0.910. The Morgan fingerprint density at radius 2 is 2.05 bits per heavy atom. The fourth-order valence-electron chi connectivity index (χ4n) is 1.77. The van der Waals surface area contributed by atoms with Crippen molar-refractivity contribution in [3.8, 4) is 0 Å². The second-order valence-electron chi connectivity index (χ2n) is 5.48. The molecule has 0 spiro atoms. The minimum atomic E-state index is -0.989. The Morgan fingerprint density at radius 1 is 1.50 bits per heavy atom. The van der Waals surface area contributed by atoms with E-state index in [9.17, 15) is 15.0 Å². The van der Waals surface area contributed by atoms with E-state index in [1.807, 2.05) is 0 Å². The molecule has 0 saturated heterocycles. The lowest BCUT2D eigenvalue weighted by atomic mass is 10.00. The third kappa shape index (κ3) is 3.81. The van der Waals surface area contributed by atoms with Crippen molar-refractivity contribution < 1.29 is 19.7 Å². The van der Waals surface area contributed by atoms with Crippen LogP contribution in [0.1, 0.15) is 27.7 Å². The van der Waals surface area contributed by atoms with Crippen LogP contribution in [0.25, 0.3) is 0 Å². The van der Waals surface area contributed by atoms with Crippen molar-refractivity contribution in [2.45, 2.75) is 44.2 Å². The molecule has 20 heavy (non-hydrogen) atoms. The molecule has 1 heterocycles. The Bertz CT molecular complexity index is 452. The number of carbonyl (C=O) groups excluding carboxylic acids is 1. The van der Waals surface area contributed by atoms with Gasteiger partial charge in [0.2, 0.25) is 0 Å². The van der Waals surface area contributed by atoms with E-state index in [1.54, 1.807) is 27.7 Å². The standard InChI is InChI=1S/C13H19Cl2NO4/c1-7-10(18)9(11(14)15)8(6-17)5-16(7)12(19)20-13(2,3)4/h5,7,11,17-18H,6H2,1-4H3. The highest BCUT2D eigenvalue weighted by Crippen LogP contribution is 2.32. The van der Waals surface area contributed by atoms with Crippen LogP contribution in [0, 0.1) is 0 Å². The normalized spacial score (nSPS) is 20.3. The molecule has 0 saturated carbocycles. The van der Waals surface area contributed by atoms with E-state index >= 15 is 0 Å². The van der Waals surface area contributed by atoms with Gasteiger partial charge >= 0.3 is 6.09 Å². The molecular weight excluding hydrogens is 305 g/mol. The highest BCUT2D eigenvalue weighted by atomic mass is 35.5. The van der Waals surface area contributed by atoms with Gasteiger partial charge in [-0.25, -0.2) is 4.79 Å². The second-order valence-corrected chi connectivity index (χ2v) is 6.57. The SMILES string of the molecule is CC1C(O)=C(C(Cl)Cl)C(CO)=CN1C(=O)OC(C)(C)C. The van der Waals surface area contributed by atoms with E-state index in [4.69, 9.17) is 27.9 Å². The number of aliphatic hydroxyl groups excluding tert-OH is 2. The fraction of sp³-hybridized carbons (Fsp3) is 0.615. The monoisotopic (exact) mass is 323 g/mol. The molecule has 0 radical (unpaired) electrons. The van der Waals surface area contributed by atoms with Crippen molar-refractivity contribution in [1.29, 1.82) is 0 Å². The van der Waals surface area contributed by atoms with Crippen molar-refractivity contribution in [3.63, 3.8) is 0 Å². The number of rotatable bonds is 2. The Morgan fingerprint density at radius 3 is 2.45 bits per heavy atom. The highest BCUT2D eigenvalue weighted by molar-refractivity contribution is 6.46. The van der Waals surface area contributed by atoms with Gasteiger partial charge in [0.1, 0.15) is 16.2 Å². The number of alkyl halides is 2. The molecule has 1 unspecified atom stereocenters. The van der Waals surface area contributed by atoms with Gasteiger partial charge in [-0.2, -0.15) is 0 Å². The van der Waals surface area contributed by atoms with Crippen LogP contribution in [0.2, 0.25) is 0 Å². The van der Waals surface area contributed by atoms with Crippen LogP contribution in [0.3, 0.4) is 0 Å². The summed E-state index contributed by atoms with van der Waals surface area (Å²) in [6, 6.07) is -0.671. The van der Waals surface area contributed by atoms with Gasteiger partial charge in [-0.3, -0.25) is 4.90 Å². The number of halogens is 2. The van der Waals surface area contributed by atoms with E-state index in [0.29, 0.717) is 0 Å². The lowest BCUT2D eigenvalue weighted by Crippen LogP contribution is -2.42. The first-order valence-corrected chi connectivity index (χ1v) is 7.00. The Labute approximate surface area is 128 Å². The zero-order valence-corrected chi connectivity index (χ0v) is 13.4. The van der Waals surface area contributed by atoms with Gasteiger partial charge in [0.25, 0.3) is 0 Å². The number of ether oxygens (including phenoxy) is 1. The smallest absolute Gasteiger partial charge is 0.415 e. The molecule has 0 bridgehead atoms. The quantitative estimate of drug-likeness (QED) is 0.766. The largest absolute Gasteiger partial charge is 0.510 e. The summed E-state index contributed by atoms with van der Waals surface area (Å²) in [4.78, 5) is 12.3. The van der Waals surface area contributed by atoms with Crippen molar-refractivity contribution in [3.05, 3.63) is 23.1 Å². The topological polar surface area (TPSA) is 70.0 Å². The molecule has 1 amide bonds. The van der Waals surface area contributed by atoms with E-state index in [0.717, 1.165) is 0 Å². The second kappa shape index (κ2) is 6.24. The first kappa shape index (κ1) is 17.1. The van der Waals surface area contributed by atoms with Crippen LogP contribution in [0.15, 0.2) is 23.1 Å². The average molecular weight is 324 g/mol. The van der Waals surface area contributed by atoms with Gasteiger partial charge < -0.3 is 14.9 Å². The molecule has 0 aliphatic carbocycles. The molecule has 1 atom stereocenters. The zero-order chi connectivity index (χ0) is 15.7. The van der Waals surface area contributed by atoms with E-state index in [-0.39, 0.29) is 16.9 Å². The van der Waals surface area contributed by atoms with Gasteiger partial charge in [0.05, 0.1) is 12.6 Å². The van der Waals surface area contributed by atoms with Gasteiger partial charge in [-0.05, 0) is 27.7 Å². The first-order valence-electron chi connectivity index (χ1n) is 6.13. The molecule has 1 aliphatic rings. The minimum Gasteiger partial charge on any atom is -0.510 e. The summed E-state index contributed by atoms with van der Waals surface area (Å²) in [5.74, 6) is -0.155. The predicted molar refractivity (Wildman–Crippen MR) is 77.9 cm³/mol. The average Bonchev–Trinajstić information content (AvgIpc) is 2.29. The minimum absolute atomic E-state index is 0.155. The van der Waals surface area contributed by atoms with E-state index in [1.165, 1.54) is 11.1 Å². The summed E-state index contributed by atoms with van der Waals surface area (Å²) in [7, 11) is 0.